The van der Waals surface area contributed by atoms with Crippen molar-refractivity contribution in [1.29, 1.82) is 0 Å². The molecule has 7 nitrogen and oxygen atoms in total. The van der Waals surface area contributed by atoms with Gasteiger partial charge >= 0.3 is 5.97 Å². The van der Waals surface area contributed by atoms with Gasteiger partial charge in [-0.15, -0.1) is 0 Å². The van der Waals surface area contributed by atoms with Crippen molar-refractivity contribution in [2.75, 3.05) is 34.4 Å². The van der Waals surface area contributed by atoms with Crippen LogP contribution in [0.25, 0.3) is 0 Å². The van der Waals surface area contributed by atoms with Crippen LogP contribution in [0.15, 0.2) is 12.2 Å². The molecule has 0 fully saturated rings. The van der Waals surface area contributed by atoms with Gasteiger partial charge in [-0.05, 0) is 39.7 Å². The van der Waals surface area contributed by atoms with E-state index in [-0.39, 0.29) is 31.9 Å². The van der Waals surface area contributed by atoms with Crippen molar-refractivity contribution in [3.63, 3.8) is 0 Å². The van der Waals surface area contributed by atoms with Crippen LogP contribution in [0, 0.1) is 5.92 Å². The minimum absolute atomic E-state index is 0.00124. The van der Waals surface area contributed by atoms with E-state index in [2.05, 4.69) is 6.58 Å². The predicted molar refractivity (Wildman–Crippen MR) is 94.0 cm³/mol. The highest BCUT2D eigenvalue weighted by molar-refractivity contribution is 5.70. The van der Waals surface area contributed by atoms with Gasteiger partial charge in [0, 0.05) is 26.7 Å². The summed E-state index contributed by atoms with van der Waals surface area (Å²) in [6.07, 6.45) is -1.01. The number of aliphatic hydroxyl groups excluding tert-OH is 1. The Hall–Kier alpha value is -0.990. The van der Waals surface area contributed by atoms with Crippen LogP contribution in [0.4, 0.5) is 0 Å². The highest BCUT2D eigenvalue weighted by Gasteiger charge is 2.32. The van der Waals surface area contributed by atoms with E-state index in [4.69, 9.17) is 23.7 Å². The van der Waals surface area contributed by atoms with Gasteiger partial charge in [-0.25, -0.2) is 0 Å². The normalized spacial score (nSPS) is 15.5. The molecule has 0 aromatic heterocycles. The molecule has 0 saturated carbocycles. The maximum absolute atomic E-state index is 12.3. The van der Waals surface area contributed by atoms with Gasteiger partial charge in [0.15, 0.2) is 0 Å². The Labute approximate surface area is 151 Å². The molecular weight excluding hydrogens is 328 g/mol. The minimum atomic E-state index is -0.926. The van der Waals surface area contributed by atoms with Crippen LogP contribution in [0.2, 0.25) is 0 Å². The van der Waals surface area contributed by atoms with Gasteiger partial charge in [-0.1, -0.05) is 6.58 Å². The summed E-state index contributed by atoms with van der Waals surface area (Å²) in [7, 11) is 3.03. The van der Waals surface area contributed by atoms with Crippen LogP contribution in [-0.4, -0.2) is 63.3 Å². The average Bonchev–Trinajstić information content (AvgIpc) is 2.49. The number of hydrogen-bond acceptors (Lipinski definition) is 7. The molecule has 0 rings (SSSR count). The SMILES string of the molecule is C=C(C)C(O)[C@@H](OCOC)[C@H](CCOCOC)CC(=O)OC(C)(C)C. The maximum atomic E-state index is 12.3. The second kappa shape index (κ2) is 12.4. The highest BCUT2D eigenvalue weighted by atomic mass is 16.7. The molecule has 1 unspecified atom stereocenters. The zero-order chi connectivity index (χ0) is 19.5. The van der Waals surface area contributed by atoms with E-state index >= 15 is 0 Å². The average molecular weight is 362 g/mol. The second-order valence-corrected chi connectivity index (χ2v) is 6.98. The Bertz CT molecular complexity index is 389. The second-order valence-electron chi connectivity index (χ2n) is 6.98. The Morgan fingerprint density at radius 1 is 1.16 bits per heavy atom. The van der Waals surface area contributed by atoms with E-state index in [1.54, 1.807) is 6.92 Å². The lowest BCUT2D eigenvalue weighted by Gasteiger charge is -2.31. The number of rotatable bonds is 13. The lowest BCUT2D eigenvalue weighted by atomic mass is 9.89. The Morgan fingerprint density at radius 2 is 1.76 bits per heavy atom. The summed E-state index contributed by atoms with van der Waals surface area (Å²) in [6, 6.07) is 0. The van der Waals surface area contributed by atoms with Crippen molar-refractivity contribution in [2.45, 2.75) is 58.3 Å². The number of aliphatic hydroxyl groups is 1. The summed E-state index contributed by atoms with van der Waals surface area (Å²) in [6.45, 7) is 11.4. The van der Waals surface area contributed by atoms with Crippen molar-refractivity contribution < 1.29 is 33.6 Å². The zero-order valence-corrected chi connectivity index (χ0v) is 16.4. The first-order chi connectivity index (χ1) is 11.6. The number of esters is 1. The molecule has 7 heteroatoms. The number of ether oxygens (including phenoxy) is 5. The summed E-state index contributed by atoms with van der Waals surface area (Å²) >= 11 is 0. The smallest absolute Gasteiger partial charge is 0.306 e. The fourth-order valence-electron chi connectivity index (χ4n) is 2.27. The van der Waals surface area contributed by atoms with E-state index in [1.165, 1.54) is 14.2 Å². The Balaban J connectivity index is 5.11. The fraction of sp³-hybridized carbons (Fsp3) is 0.833. The molecule has 0 saturated heterocycles. The molecule has 0 bridgehead atoms. The highest BCUT2D eigenvalue weighted by Crippen LogP contribution is 2.25. The molecule has 0 aliphatic rings. The standard InChI is InChI=1S/C18H34O7/c1-13(2)16(20)17(24-12-22-7)14(8-9-23-11-21-6)10-15(19)25-18(3,4)5/h14,16-17,20H,1,8-12H2,2-7H3/t14-,16?,17+/m1/s1. The topological polar surface area (TPSA) is 83.5 Å². The van der Waals surface area contributed by atoms with Crippen LogP contribution < -0.4 is 0 Å². The number of hydrogen-bond donors (Lipinski definition) is 1. The van der Waals surface area contributed by atoms with Gasteiger partial charge in [-0.3, -0.25) is 4.79 Å². The van der Waals surface area contributed by atoms with Crippen molar-refractivity contribution in [1.82, 2.24) is 0 Å². The van der Waals surface area contributed by atoms with Crippen LogP contribution >= 0.6 is 0 Å². The molecule has 0 aliphatic carbocycles. The predicted octanol–water partition coefficient (Wildman–Crippen LogP) is 2.27. The van der Waals surface area contributed by atoms with Gasteiger partial charge in [0.05, 0.1) is 12.5 Å². The summed E-state index contributed by atoms with van der Waals surface area (Å²) in [4.78, 5) is 12.3. The van der Waals surface area contributed by atoms with E-state index in [9.17, 15) is 9.90 Å². The third kappa shape index (κ3) is 11.3. The van der Waals surface area contributed by atoms with Crippen molar-refractivity contribution in [2.24, 2.45) is 5.92 Å². The van der Waals surface area contributed by atoms with Gasteiger partial charge in [0.1, 0.15) is 25.3 Å². The quantitative estimate of drug-likeness (QED) is 0.233. The summed E-state index contributed by atoms with van der Waals surface area (Å²) < 4.78 is 26.2. The first kappa shape index (κ1) is 24.0. The fourth-order valence-corrected chi connectivity index (χ4v) is 2.27. The molecule has 0 aromatic carbocycles. The molecule has 148 valence electrons. The molecule has 25 heavy (non-hydrogen) atoms. The molecule has 3 atom stereocenters. The zero-order valence-electron chi connectivity index (χ0n) is 16.4. The van der Waals surface area contributed by atoms with Crippen LogP contribution in [0.3, 0.4) is 0 Å². The molecule has 1 N–H and O–H groups in total. The molecule has 0 spiro atoms. The van der Waals surface area contributed by atoms with Gasteiger partial charge in [0.2, 0.25) is 0 Å². The van der Waals surface area contributed by atoms with Crippen LogP contribution in [-0.2, 0) is 28.5 Å². The van der Waals surface area contributed by atoms with Crippen molar-refractivity contribution in [3.05, 3.63) is 12.2 Å². The van der Waals surface area contributed by atoms with E-state index < -0.39 is 17.8 Å². The monoisotopic (exact) mass is 362 g/mol. The van der Waals surface area contributed by atoms with Crippen molar-refractivity contribution >= 4 is 5.97 Å². The summed E-state index contributed by atoms with van der Waals surface area (Å²) in [5.74, 6) is -0.683. The number of carbonyl (C=O) groups is 1. The van der Waals surface area contributed by atoms with E-state index in [0.29, 0.717) is 18.6 Å². The maximum Gasteiger partial charge on any atom is 0.306 e. The van der Waals surface area contributed by atoms with E-state index in [0.717, 1.165) is 0 Å². The summed E-state index contributed by atoms with van der Waals surface area (Å²) in [5.41, 5.74) is -0.0302. The van der Waals surface area contributed by atoms with Gasteiger partial charge in [-0.2, -0.15) is 0 Å². The number of carbonyl (C=O) groups excluding carboxylic acids is 1. The van der Waals surface area contributed by atoms with Crippen LogP contribution in [0.1, 0.15) is 40.5 Å². The molecule has 0 heterocycles. The van der Waals surface area contributed by atoms with Crippen molar-refractivity contribution in [3.8, 4) is 0 Å². The number of methoxy groups -OCH3 is 2. The van der Waals surface area contributed by atoms with Gasteiger partial charge in [0.25, 0.3) is 0 Å². The first-order valence-electron chi connectivity index (χ1n) is 8.35. The van der Waals surface area contributed by atoms with E-state index in [1.807, 2.05) is 20.8 Å². The Kier molecular flexibility index (Phi) is 11.9. The van der Waals surface area contributed by atoms with Crippen LogP contribution in [0.5, 0.6) is 0 Å². The summed E-state index contributed by atoms with van der Waals surface area (Å²) in [5, 5.41) is 10.4. The lowest BCUT2D eigenvalue weighted by Crippen LogP contribution is -2.40. The molecule has 0 aliphatic heterocycles. The Morgan fingerprint density at radius 3 is 2.24 bits per heavy atom. The third-order valence-corrected chi connectivity index (χ3v) is 3.34. The molecule has 0 radical (unpaired) electrons. The molecule has 0 aromatic rings. The first-order valence-corrected chi connectivity index (χ1v) is 8.35. The van der Waals surface area contributed by atoms with Gasteiger partial charge < -0.3 is 28.8 Å². The third-order valence-electron chi connectivity index (χ3n) is 3.34. The molecule has 0 amide bonds. The minimum Gasteiger partial charge on any atom is -0.460 e. The molecular formula is C18H34O7. The largest absolute Gasteiger partial charge is 0.460 e. The lowest BCUT2D eigenvalue weighted by molar-refractivity contribution is -0.163.